The molecule has 0 radical (unpaired) electrons. The van der Waals surface area contributed by atoms with Gasteiger partial charge in [-0.3, -0.25) is 4.79 Å². The summed E-state index contributed by atoms with van der Waals surface area (Å²) in [6.07, 6.45) is 3.37. The van der Waals surface area contributed by atoms with E-state index in [-0.39, 0.29) is 0 Å². The van der Waals surface area contributed by atoms with Crippen molar-refractivity contribution in [3.63, 3.8) is 0 Å². The average Bonchev–Trinajstić information content (AvgIpc) is 2.44. The fraction of sp³-hybridized carbons (Fsp3) is 0.875. The molecule has 0 aromatic heterocycles. The van der Waals surface area contributed by atoms with Gasteiger partial charge in [-0.2, -0.15) is 0 Å². The summed E-state index contributed by atoms with van der Waals surface area (Å²) in [4.78, 5) is 11.2. The van der Waals surface area contributed by atoms with Crippen molar-refractivity contribution in [2.45, 2.75) is 19.3 Å². The van der Waals surface area contributed by atoms with Crippen LogP contribution in [0.25, 0.3) is 0 Å². The summed E-state index contributed by atoms with van der Waals surface area (Å²) in [5, 5.41) is 1.03. The lowest BCUT2D eigenvalue weighted by Gasteiger charge is -2.17. The molecule has 2 rings (SSSR count). The third kappa shape index (κ3) is 0.849. The van der Waals surface area contributed by atoms with E-state index in [0.717, 1.165) is 17.7 Å². The van der Waals surface area contributed by atoms with Gasteiger partial charge in [-0.1, -0.05) is 15.9 Å². The molecule has 2 fully saturated rings. The van der Waals surface area contributed by atoms with Gasteiger partial charge in [0.05, 0.1) is 0 Å². The Labute approximate surface area is 69.3 Å². The average molecular weight is 203 g/mol. The number of carbonyl (C=O) groups excluding carboxylic acids is 1. The summed E-state index contributed by atoms with van der Waals surface area (Å²) in [5.74, 6) is 2.39. The second-order valence-electron chi connectivity index (χ2n) is 3.53. The van der Waals surface area contributed by atoms with Crippen LogP contribution >= 0.6 is 15.9 Å². The van der Waals surface area contributed by atoms with Crippen LogP contribution in [0.5, 0.6) is 0 Å². The zero-order chi connectivity index (χ0) is 7.14. The van der Waals surface area contributed by atoms with Gasteiger partial charge in [-0.25, -0.2) is 0 Å². The molecule has 3 atom stereocenters. The number of halogens is 1. The van der Waals surface area contributed by atoms with E-state index < -0.39 is 0 Å². The Hall–Kier alpha value is 0.150. The number of hydrogen-bond donors (Lipinski definition) is 0. The molecule has 10 heavy (non-hydrogen) atoms. The maximum absolute atomic E-state index is 11.2. The van der Waals surface area contributed by atoms with Gasteiger partial charge in [0, 0.05) is 17.7 Å². The lowest BCUT2D eigenvalue weighted by molar-refractivity contribution is -0.122. The molecule has 1 nitrogen and oxygen atoms in total. The number of hydrogen-bond acceptors (Lipinski definition) is 1. The first-order valence-corrected chi connectivity index (χ1v) is 5.02. The highest BCUT2D eigenvalue weighted by atomic mass is 79.9. The molecule has 0 N–H and O–H groups in total. The summed E-state index contributed by atoms with van der Waals surface area (Å²) >= 11 is 3.45. The Morgan fingerprint density at radius 1 is 1.50 bits per heavy atom. The quantitative estimate of drug-likeness (QED) is 0.595. The highest BCUT2D eigenvalue weighted by Gasteiger charge is 2.44. The summed E-state index contributed by atoms with van der Waals surface area (Å²) in [6.45, 7) is 0. The van der Waals surface area contributed by atoms with Crippen molar-refractivity contribution in [3.8, 4) is 0 Å². The van der Waals surface area contributed by atoms with Gasteiger partial charge >= 0.3 is 0 Å². The van der Waals surface area contributed by atoms with E-state index >= 15 is 0 Å². The highest BCUT2D eigenvalue weighted by molar-refractivity contribution is 9.09. The SMILES string of the molecule is O=C1C[C@H]2C[C@@H](CBr)[C@@H]1C2. The topological polar surface area (TPSA) is 17.1 Å². The molecule has 0 aromatic rings. The van der Waals surface area contributed by atoms with Gasteiger partial charge in [0.2, 0.25) is 0 Å². The Balaban J connectivity index is 2.12. The molecule has 0 spiro atoms. The molecule has 2 heteroatoms. The molecule has 0 aliphatic heterocycles. The largest absolute Gasteiger partial charge is 0.299 e. The normalized spacial score (nSPS) is 44.9. The van der Waals surface area contributed by atoms with Crippen molar-refractivity contribution in [1.29, 1.82) is 0 Å². The molecule has 0 amide bonds. The van der Waals surface area contributed by atoms with Crippen molar-refractivity contribution in [2.24, 2.45) is 17.8 Å². The standard InChI is InChI=1S/C8H11BrO/c9-4-6-1-5-2-7(6)8(10)3-5/h5-7H,1-4H2/t5-,6-,7-/m0/s1. The van der Waals surface area contributed by atoms with Crippen LogP contribution in [0.15, 0.2) is 0 Å². The minimum absolute atomic E-state index is 0.435. The molecule has 2 aliphatic rings. The number of carbonyl (C=O) groups is 1. The second kappa shape index (κ2) is 2.33. The van der Waals surface area contributed by atoms with Crippen LogP contribution in [0, 0.1) is 17.8 Å². The summed E-state index contributed by atoms with van der Waals surface area (Å²) < 4.78 is 0. The van der Waals surface area contributed by atoms with Crippen molar-refractivity contribution in [2.75, 3.05) is 5.33 Å². The van der Waals surface area contributed by atoms with Gasteiger partial charge in [0.25, 0.3) is 0 Å². The molecule has 0 aromatic carbocycles. The molecule has 0 saturated heterocycles. The first kappa shape index (κ1) is 6.84. The molecule has 0 heterocycles. The Morgan fingerprint density at radius 3 is 2.70 bits per heavy atom. The van der Waals surface area contributed by atoms with Crippen LogP contribution in [0.3, 0.4) is 0 Å². The fourth-order valence-electron chi connectivity index (χ4n) is 2.41. The molecular formula is C8H11BrO. The monoisotopic (exact) mass is 202 g/mol. The predicted octanol–water partition coefficient (Wildman–Crippen LogP) is 2.00. The molecule has 2 saturated carbocycles. The van der Waals surface area contributed by atoms with E-state index in [1.54, 1.807) is 0 Å². The lowest BCUT2D eigenvalue weighted by Crippen LogP contribution is -2.20. The van der Waals surface area contributed by atoms with E-state index in [4.69, 9.17) is 0 Å². The molecule has 56 valence electrons. The third-order valence-electron chi connectivity index (χ3n) is 2.89. The van der Waals surface area contributed by atoms with Gasteiger partial charge in [0.15, 0.2) is 0 Å². The van der Waals surface area contributed by atoms with Crippen LogP contribution in [-0.2, 0) is 4.79 Å². The third-order valence-corrected chi connectivity index (χ3v) is 3.73. The van der Waals surface area contributed by atoms with Crippen LogP contribution in [-0.4, -0.2) is 11.1 Å². The molecule has 2 aliphatic carbocycles. The molecular weight excluding hydrogens is 192 g/mol. The van der Waals surface area contributed by atoms with Gasteiger partial charge < -0.3 is 0 Å². The number of rotatable bonds is 1. The van der Waals surface area contributed by atoms with E-state index in [9.17, 15) is 4.79 Å². The lowest BCUT2D eigenvalue weighted by atomic mass is 9.90. The van der Waals surface area contributed by atoms with Crippen molar-refractivity contribution < 1.29 is 4.79 Å². The van der Waals surface area contributed by atoms with Crippen molar-refractivity contribution in [3.05, 3.63) is 0 Å². The van der Waals surface area contributed by atoms with Gasteiger partial charge in [-0.15, -0.1) is 0 Å². The zero-order valence-electron chi connectivity index (χ0n) is 5.85. The predicted molar refractivity (Wildman–Crippen MR) is 43.1 cm³/mol. The van der Waals surface area contributed by atoms with Crippen molar-refractivity contribution in [1.82, 2.24) is 0 Å². The van der Waals surface area contributed by atoms with E-state index in [1.165, 1.54) is 12.8 Å². The summed E-state index contributed by atoms with van der Waals surface area (Å²) in [5.41, 5.74) is 0. The van der Waals surface area contributed by atoms with Crippen LogP contribution < -0.4 is 0 Å². The first-order chi connectivity index (χ1) is 4.81. The van der Waals surface area contributed by atoms with Gasteiger partial charge in [0.1, 0.15) is 5.78 Å². The van der Waals surface area contributed by atoms with E-state index in [1.807, 2.05) is 0 Å². The number of Topliss-reactive ketones (excluding diaryl/α,β-unsaturated/α-hetero) is 1. The minimum Gasteiger partial charge on any atom is -0.299 e. The fourth-order valence-corrected chi connectivity index (χ4v) is 3.12. The second-order valence-corrected chi connectivity index (χ2v) is 4.18. The highest BCUT2D eigenvalue weighted by Crippen LogP contribution is 2.46. The summed E-state index contributed by atoms with van der Waals surface area (Å²) in [6, 6.07) is 0. The first-order valence-electron chi connectivity index (χ1n) is 3.90. The smallest absolute Gasteiger partial charge is 0.136 e. The number of ketones is 1. The van der Waals surface area contributed by atoms with Crippen molar-refractivity contribution >= 4 is 21.7 Å². The Morgan fingerprint density at radius 2 is 2.30 bits per heavy atom. The zero-order valence-corrected chi connectivity index (χ0v) is 7.43. The molecule has 2 bridgehead atoms. The van der Waals surface area contributed by atoms with E-state index in [0.29, 0.717) is 17.6 Å². The molecule has 0 unspecified atom stereocenters. The summed E-state index contributed by atoms with van der Waals surface area (Å²) in [7, 11) is 0. The Bertz CT molecular complexity index is 167. The minimum atomic E-state index is 0.435. The number of fused-ring (bicyclic) bond motifs is 2. The maximum atomic E-state index is 11.2. The Kier molecular flexibility index (Phi) is 1.59. The maximum Gasteiger partial charge on any atom is 0.136 e. The van der Waals surface area contributed by atoms with Gasteiger partial charge in [-0.05, 0) is 24.7 Å². The van der Waals surface area contributed by atoms with E-state index in [2.05, 4.69) is 15.9 Å². The number of alkyl halides is 1. The van der Waals surface area contributed by atoms with Crippen LogP contribution in [0.4, 0.5) is 0 Å². The van der Waals surface area contributed by atoms with Crippen LogP contribution in [0.1, 0.15) is 19.3 Å². The van der Waals surface area contributed by atoms with Crippen LogP contribution in [0.2, 0.25) is 0 Å².